The monoisotopic (exact) mass is 370 g/mol. The zero-order chi connectivity index (χ0) is 19.2. The minimum atomic E-state index is -0.114. The summed E-state index contributed by atoms with van der Waals surface area (Å²) in [6.45, 7) is 2.74. The van der Waals surface area contributed by atoms with Crippen molar-refractivity contribution >= 4 is 5.91 Å². The Morgan fingerprint density at radius 3 is 2.04 bits per heavy atom. The van der Waals surface area contributed by atoms with Gasteiger partial charge in [-0.25, -0.2) is 0 Å². The average Bonchev–Trinajstić information content (AvgIpc) is 2.77. The number of benzene rings is 3. The Bertz CT molecular complexity index is 869. The summed E-state index contributed by atoms with van der Waals surface area (Å²) in [5.74, 6) is 0.0940. The lowest BCUT2D eigenvalue weighted by Crippen LogP contribution is -2.35. The van der Waals surface area contributed by atoms with Crippen LogP contribution in [0.3, 0.4) is 0 Å². The third-order valence-corrected chi connectivity index (χ3v) is 5.44. The first-order valence-corrected chi connectivity index (χ1v) is 9.98. The van der Waals surface area contributed by atoms with E-state index in [4.69, 9.17) is 0 Å². The number of amides is 1. The minimum absolute atomic E-state index is 0.0940. The van der Waals surface area contributed by atoms with Crippen LogP contribution in [0.25, 0.3) is 0 Å². The van der Waals surface area contributed by atoms with Crippen LogP contribution < -0.4 is 5.32 Å². The molecule has 0 saturated heterocycles. The van der Waals surface area contributed by atoms with E-state index in [1.807, 2.05) is 36.4 Å². The van der Waals surface area contributed by atoms with E-state index in [0.29, 0.717) is 6.42 Å². The molecule has 0 aliphatic carbocycles. The molecule has 0 bridgehead atoms. The summed E-state index contributed by atoms with van der Waals surface area (Å²) in [4.78, 5) is 15.1. The molecule has 0 radical (unpaired) electrons. The third kappa shape index (κ3) is 4.49. The van der Waals surface area contributed by atoms with Crippen molar-refractivity contribution in [3.63, 3.8) is 0 Å². The van der Waals surface area contributed by atoms with Crippen LogP contribution in [0.5, 0.6) is 0 Å². The van der Waals surface area contributed by atoms with Gasteiger partial charge in [0.15, 0.2) is 0 Å². The number of fused-ring (bicyclic) bond motifs is 1. The predicted octanol–water partition coefficient (Wildman–Crippen LogP) is 4.34. The summed E-state index contributed by atoms with van der Waals surface area (Å²) in [7, 11) is 0. The van der Waals surface area contributed by atoms with Gasteiger partial charge in [-0.3, -0.25) is 9.69 Å². The SMILES string of the molecule is O=C(CCN1CCc2ccccc2C1)NC(c1ccccc1)c1ccccc1. The molecule has 0 atom stereocenters. The molecule has 3 aromatic rings. The Morgan fingerprint density at radius 2 is 1.39 bits per heavy atom. The van der Waals surface area contributed by atoms with Gasteiger partial charge < -0.3 is 5.32 Å². The van der Waals surface area contributed by atoms with E-state index < -0.39 is 0 Å². The molecule has 1 aliphatic rings. The molecule has 3 heteroatoms. The van der Waals surface area contributed by atoms with Crippen molar-refractivity contribution < 1.29 is 4.79 Å². The Morgan fingerprint density at radius 1 is 0.821 bits per heavy atom. The van der Waals surface area contributed by atoms with E-state index in [9.17, 15) is 4.79 Å². The van der Waals surface area contributed by atoms with Gasteiger partial charge in [0.25, 0.3) is 0 Å². The zero-order valence-corrected chi connectivity index (χ0v) is 16.1. The second-order valence-corrected chi connectivity index (χ2v) is 7.37. The maximum atomic E-state index is 12.8. The van der Waals surface area contributed by atoms with Crippen molar-refractivity contribution in [2.24, 2.45) is 0 Å². The van der Waals surface area contributed by atoms with E-state index >= 15 is 0 Å². The van der Waals surface area contributed by atoms with Crippen molar-refractivity contribution in [2.45, 2.75) is 25.4 Å². The van der Waals surface area contributed by atoms with E-state index in [2.05, 4.69) is 58.7 Å². The van der Waals surface area contributed by atoms with Gasteiger partial charge in [0.1, 0.15) is 0 Å². The molecular weight excluding hydrogens is 344 g/mol. The molecule has 0 saturated carbocycles. The second kappa shape index (κ2) is 8.85. The van der Waals surface area contributed by atoms with Crippen molar-refractivity contribution in [2.75, 3.05) is 13.1 Å². The lowest BCUT2D eigenvalue weighted by Gasteiger charge is -2.28. The Labute approximate surface area is 167 Å². The predicted molar refractivity (Wildman–Crippen MR) is 113 cm³/mol. The first kappa shape index (κ1) is 18.5. The number of hydrogen-bond acceptors (Lipinski definition) is 2. The molecule has 1 N–H and O–H groups in total. The molecule has 0 aromatic heterocycles. The van der Waals surface area contributed by atoms with Crippen LogP contribution in [0.2, 0.25) is 0 Å². The number of carbonyl (C=O) groups is 1. The molecule has 3 aromatic carbocycles. The molecular formula is C25H26N2O. The summed E-state index contributed by atoms with van der Waals surface area (Å²) >= 11 is 0. The van der Waals surface area contributed by atoms with E-state index in [1.165, 1.54) is 11.1 Å². The maximum Gasteiger partial charge on any atom is 0.222 e. The van der Waals surface area contributed by atoms with Crippen LogP contribution in [-0.4, -0.2) is 23.9 Å². The minimum Gasteiger partial charge on any atom is -0.345 e. The fraction of sp³-hybridized carbons (Fsp3) is 0.240. The van der Waals surface area contributed by atoms with Crippen LogP contribution in [0.4, 0.5) is 0 Å². The normalized spacial score (nSPS) is 13.9. The largest absolute Gasteiger partial charge is 0.345 e. The molecule has 1 heterocycles. The highest BCUT2D eigenvalue weighted by molar-refractivity contribution is 5.77. The first-order valence-electron chi connectivity index (χ1n) is 9.98. The Kier molecular flexibility index (Phi) is 5.83. The van der Waals surface area contributed by atoms with Crippen LogP contribution in [0.1, 0.15) is 34.7 Å². The summed E-state index contributed by atoms with van der Waals surface area (Å²) in [5, 5.41) is 3.24. The molecule has 1 amide bonds. The lowest BCUT2D eigenvalue weighted by molar-refractivity contribution is -0.122. The topological polar surface area (TPSA) is 32.3 Å². The summed E-state index contributed by atoms with van der Waals surface area (Å²) in [6, 6.07) is 28.8. The highest BCUT2D eigenvalue weighted by Crippen LogP contribution is 2.22. The van der Waals surface area contributed by atoms with E-state index in [-0.39, 0.29) is 11.9 Å². The average molecular weight is 370 g/mol. The third-order valence-electron chi connectivity index (χ3n) is 5.44. The molecule has 28 heavy (non-hydrogen) atoms. The highest BCUT2D eigenvalue weighted by atomic mass is 16.1. The number of nitrogens with zero attached hydrogens (tertiary/aromatic N) is 1. The second-order valence-electron chi connectivity index (χ2n) is 7.37. The van der Waals surface area contributed by atoms with Crippen LogP contribution in [0, 0.1) is 0 Å². The van der Waals surface area contributed by atoms with E-state index in [0.717, 1.165) is 37.2 Å². The molecule has 3 nitrogen and oxygen atoms in total. The van der Waals surface area contributed by atoms with Crippen molar-refractivity contribution in [1.82, 2.24) is 10.2 Å². The van der Waals surface area contributed by atoms with E-state index in [1.54, 1.807) is 0 Å². The van der Waals surface area contributed by atoms with Gasteiger partial charge in [-0.2, -0.15) is 0 Å². The molecule has 1 aliphatic heterocycles. The summed E-state index contributed by atoms with van der Waals surface area (Å²) in [6.07, 6.45) is 1.58. The maximum absolute atomic E-state index is 12.8. The lowest BCUT2D eigenvalue weighted by atomic mass is 9.98. The molecule has 0 spiro atoms. The number of rotatable bonds is 6. The van der Waals surface area contributed by atoms with Gasteiger partial charge in [-0.15, -0.1) is 0 Å². The smallest absolute Gasteiger partial charge is 0.222 e. The van der Waals surface area contributed by atoms with Gasteiger partial charge in [-0.1, -0.05) is 84.9 Å². The summed E-state index contributed by atoms with van der Waals surface area (Å²) in [5.41, 5.74) is 5.04. The fourth-order valence-electron chi connectivity index (χ4n) is 3.89. The van der Waals surface area contributed by atoms with Crippen LogP contribution in [-0.2, 0) is 17.8 Å². The van der Waals surface area contributed by atoms with Gasteiger partial charge >= 0.3 is 0 Å². The standard InChI is InChI=1S/C25H26N2O/c28-24(16-18-27-17-15-20-9-7-8-14-23(20)19-27)26-25(21-10-3-1-4-11-21)22-12-5-2-6-13-22/h1-14,25H,15-19H2,(H,26,28). The summed E-state index contributed by atoms with van der Waals surface area (Å²) < 4.78 is 0. The van der Waals surface area contributed by atoms with Gasteiger partial charge in [0.05, 0.1) is 6.04 Å². The zero-order valence-electron chi connectivity index (χ0n) is 16.1. The molecule has 0 unspecified atom stereocenters. The number of hydrogen-bond donors (Lipinski definition) is 1. The first-order chi connectivity index (χ1) is 13.8. The Hall–Kier alpha value is -2.91. The Balaban J connectivity index is 1.39. The molecule has 142 valence electrons. The van der Waals surface area contributed by atoms with Crippen LogP contribution >= 0.6 is 0 Å². The van der Waals surface area contributed by atoms with Crippen molar-refractivity contribution in [3.8, 4) is 0 Å². The van der Waals surface area contributed by atoms with Crippen LogP contribution in [0.15, 0.2) is 84.9 Å². The van der Waals surface area contributed by atoms with Gasteiger partial charge in [-0.05, 0) is 28.7 Å². The van der Waals surface area contributed by atoms with Gasteiger partial charge in [0, 0.05) is 26.1 Å². The molecule has 4 rings (SSSR count). The van der Waals surface area contributed by atoms with Crippen molar-refractivity contribution in [3.05, 3.63) is 107 Å². The van der Waals surface area contributed by atoms with Gasteiger partial charge in [0.2, 0.25) is 5.91 Å². The number of nitrogens with one attached hydrogen (secondary N) is 1. The number of carbonyl (C=O) groups excluding carboxylic acids is 1. The quantitative estimate of drug-likeness (QED) is 0.700. The highest BCUT2D eigenvalue weighted by Gasteiger charge is 2.19. The molecule has 0 fully saturated rings. The van der Waals surface area contributed by atoms with Crippen molar-refractivity contribution in [1.29, 1.82) is 0 Å². The fourth-order valence-corrected chi connectivity index (χ4v) is 3.89.